The summed E-state index contributed by atoms with van der Waals surface area (Å²) in [6, 6.07) is 81.2. The molecule has 0 unspecified atom stereocenters. The van der Waals surface area contributed by atoms with Crippen LogP contribution in [0.4, 0.5) is 17.1 Å². The van der Waals surface area contributed by atoms with Gasteiger partial charge in [0.05, 0.1) is 0 Å². The largest absolute Gasteiger partial charge is 0.456 e. The Hall–Kier alpha value is -7.72. The van der Waals surface area contributed by atoms with E-state index in [1.54, 1.807) is 0 Å². The molecule has 0 saturated carbocycles. The maximum atomic E-state index is 6.25. The van der Waals surface area contributed by atoms with E-state index < -0.39 is 0 Å². The van der Waals surface area contributed by atoms with Crippen molar-refractivity contribution in [1.29, 1.82) is 0 Å². The van der Waals surface area contributed by atoms with E-state index in [1.165, 1.54) is 64.3 Å². The van der Waals surface area contributed by atoms with Gasteiger partial charge in [-0.2, -0.15) is 0 Å². The number of anilines is 3. The zero-order valence-electron chi connectivity index (χ0n) is 33.1. The zero-order chi connectivity index (χ0) is 40.3. The van der Waals surface area contributed by atoms with Gasteiger partial charge in [0.1, 0.15) is 11.2 Å². The van der Waals surface area contributed by atoms with Crippen LogP contribution < -0.4 is 4.90 Å². The number of hydrogen-bond donors (Lipinski definition) is 0. The second-order valence-electron chi connectivity index (χ2n) is 15.7. The van der Waals surface area contributed by atoms with Crippen molar-refractivity contribution >= 4 is 81.3 Å². The highest BCUT2D eigenvalue weighted by atomic mass is 32.1. The lowest BCUT2D eigenvalue weighted by molar-refractivity contribution is 0.669. The minimum absolute atomic E-state index is 0.901. The summed E-state index contributed by atoms with van der Waals surface area (Å²) in [5.74, 6) is 0. The maximum Gasteiger partial charge on any atom is 0.136 e. The average Bonchev–Trinajstić information content (AvgIpc) is 3.91. The van der Waals surface area contributed by atoms with Crippen molar-refractivity contribution in [3.63, 3.8) is 0 Å². The predicted molar refractivity (Wildman–Crippen MR) is 261 cm³/mol. The third-order valence-electron chi connectivity index (χ3n) is 12.1. The molecule has 0 atom stereocenters. The Labute approximate surface area is 357 Å². The Bertz CT molecular complexity index is 3570. The van der Waals surface area contributed by atoms with Crippen LogP contribution in [0.2, 0.25) is 0 Å². The zero-order valence-corrected chi connectivity index (χ0v) is 33.9. The molecule has 0 radical (unpaired) electrons. The molecule has 10 aromatic carbocycles. The molecule has 2 heterocycles. The fourth-order valence-corrected chi connectivity index (χ4v) is 10.2. The maximum absolute atomic E-state index is 6.25. The van der Waals surface area contributed by atoms with Gasteiger partial charge in [0.2, 0.25) is 0 Å². The van der Waals surface area contributed by atoms with Crippen LogP contribution in [0.15, 0.2) is 229 Å². The van der Waals surface area contributed by atoms with E-state index in [1.807, 2.05) is 23.5 Å². The van der Waals surface area contributed by atoms with Crippen LogP contribution in [0.5, 0.6) is 0 Å². The van der Waals surface area contributed by atoms with Crippen molar-refractivity contribution in [3.05, 3.63) is 224 Å². The molecule has 61 heavy (non-hydrogen) atoms. The van der Waals surface area contributed by atoms with Gasteiger partial charge in [-0.3, -0.25) is 0 Å². The summed E-state index contributed by atoms with van der Waals surface area (Å²) >= 11 is 1.86. The van der Waals surface area contributed by atoms with Gasteiger partial charge < -0.3 is 9.32 Å². The Morgan fingerprint density at radius 3 is 1.61 bits per heavy atom. The molecule has 12 aromatic rings. The van der Waals surface area contributed by atoms with E-state index in [4.69, 9.17) is 4.42 Å². The van der Waals surface area contributed by atoms with E-state index in [2.05, 4.69) is 217 Å². The lowest BCUT2D eigenvalue weighted by Gasteiger charge is -2.26. The van der Waals surface area contributed by atoms with Gasteiger partial charge in [-0.1, -0.05) is 152 Å². The first-order valence-electron chi connectivity index (χ1n) is 20.7. The average molecular weight is 796 g/mol. The molecule has 12 rings (SSSR count). The first-order chi connectivity index (χ1) is 30.2. The van der Waals surface area contributed by atoms with E-state index >= 15 is 0 Å². The first kappa shape index (κ1) is 35.2. The predicted octanol–water partition coefficient (Wildman–Crippen LogP) is 17.2. The van der Waals surface area contributed by atoms with Gasteiger partial charge in [0.15, 0.2) is 0 Å². The molecule has 0 aliphatic carbocycles. The van der Waals surface area contributed by atoms with E-state index in [9.17, 15) is 0 Å². The van der Waals surface area contributed by atoms with Crippen LogP contribution >= 0.6 is 11.3 Å². The van der Waals surface area contributed by atoms with Crippen LogP contribution in [0.25, 0.3) is 97.4 Å². The molecule has 0 N–H and O–H groups in total. The van der Waals surface area contributed by atoms with Gasteiger partial charge in [-0.25, -0.2) is 0 Å². The highest BCUT2D eigenvalue weighted by molar-refractivity contribution is 7.25. The lowest BCUT2D eigenvalue weighted by Crippen LogP contribution is -2.09. The standard InChI is InChI=1S/C58H37NOS/c1-2-14-48-40(10-1)11-8-17-49(48)44-13-7-12-42(36-44)38-22-29-45(30-23-38)59(46-31-24-39(25-32-46)43-28-35-57-53(37-43)51-15-4-6-21-56(51)61-57)47-33-26-41(27-34-47)50-18-9-20-55-58(50)52-16-3-5-19-54(52)60-55/h1-37H. The number of rotatable bonds is 7. The number of nitrogens with zero attached hydrogens (tertiary/aromatic N) is 1. The Morgan fingerprint density at radius 2 is 0.836 bits per heavy atom. The Balaban J connectivity index is 0.926. The summed E-state index contributed by atoms with van der Waals surface area (Å²) < 4.78 is 8.89. The number of furan rings is 1. The third kappa shape index (κ3) is 6.18. The smallest absolute Gasteiger partial charge is 0.136 e. The monoisotopic (exact) mass is 795 g/mol. The number of benzene rings is 10. The molecule has 0 fully saturated rings. The summed E-state index contributed by atoms with van der Waals surface area (Å²) in [5.41, 5.74) is 14.6. The minimum Gasteiger partial charge on any atom is -0.456 e. The Morgan fingerprint density at radius 1 is 0.311 bits per heavy atom. The lowest BCUT2D eigenvalue weighted by atomic mass is 9.95. The van der Waals surface area contributed by atoms with Crippen LogP contribution in [-0.4, -0.2) is 0 Å². The number of fused-ring (bicyclic) bond motifs is 7. The molecule has 286 valence electrons. The van der Waals surface area contributed by atoms with Crippen LogP contribution in [-0.2, 0) is 0 Å². The second kappa shape index (κ2) is 14.5. The van der Waals surface area contributed by atoms with Crippen molar-refractivity contribution < 1.29 is 4.42 Å². The molecule has 0 spiro atoms. The highest BCUT2D eigenvalue weighted by Gasteiger charge is 2.17. The summed E-state index contributed by atoms with van der Waals surface area (Å²) in [6.45, 7) is 0. The summed E-state index contributed by atoms with van der Waals surface area (Å²) in [4.78, 5) is 2.35. The van der Waals surface area contributed by atoms with Gasteiger partial charge >= 0.3 is 0 Å². The Kier molecular flexibility index (Phi) is 8.39. The van der Waals surface area contributed by atoms with Crippen molar-refractivity contribution in [2.45, 2.75) is 0 Å². The quantitative estimate of drug-likeness (QED) is 0.160. The number of thiophene rings is 1. The molecule has 0 amide bonds. The second-order valence-corrected chi connectivity index (χ2v) is 16.8. The van der Waals surface area contributed by atoms with E-state index in [0.29, 0.717) is 0 Å². The van der Waals surface area contributed by atoms with Gasteiger partial charge in [0.25, 0.3) is 0 Å². The third-order valence-corrected chi connectivity index (χ3v) is 13.2. The first-order valence-corrected chi connectivity index (χ1v) is 21.5. The molecular formula is C58H37NOS. The number of hydrogen-bond acceptors (Lipinski definition) is 3. The van der Waals surface area contributed by atoms with Crippen molar-refractivity contribution in [2.75, 3.05) is 4.90 Å². The van der Waals surface area contributed by atoms with Gasteiger partial charge in [-0.05, 0) is 128 Å². The van der Waals surface area contributed by atoms with Crippen LogP contribution in [0.3, 0.4) is 0 Å². The molecule has 2 aromatic heterocycles. The topological polar surface area (TPSA) is 16.4 Å². The molecule has 0 aliphatic rings. The fourth-order valence-electron chi connectivity index (χ4n) is 9.11. The summed E-state index contributed by atoms with van der Waals surface area (Å²) in [5, 5.41) is 7.42. The molecular weight excluding hydrogens is 759 g/mol. The van der Waals surface area contributed by atoms with Crippen LogP contribution in [0.1, 0.15) is 0 Å². The fraction of sp³-hybridized carbons (Fsp3) is 0. The SMILES string of the molecule is c1cc(-c2ccc(N(c3ccc(-c4ccc5sc6ccccc6c5c4)cc3)c3ccc(-c4cccc5oc6ccccc6c45)cc3)cc2)cc(-c2cccc3ccccc23)c1. The van der Waals surface area contributed by atoms with Gasteiger partial charge in [-0.15, -0.1) is 11.3 Å². The molecule has 2 nitrogen and oxygen atoms in total. The highest BCUT2D eigenvalue weighted by Crippen LogP contribution is 2.42. The van der Waals surface area contributed by atoms with Crippen molar-refractivity contribution in [1.82, 2.24) is 0 Å². The van der Waals surface area contributed by atoms with Crippen molar-refractivity contribution in [2.24, 2.45) is 0 Å². The molecule has 3 heteroatoms. The normalized spacial score (nSPS) is 11.6. The number of para-hydroxylation sites is 1. The van der Waals surface area contributed by atoms with Gasteiger partial charge in [0, 0.05) is 48.0 Å². The molecule has 0 saturated heterocycles. The van der Waals surface area contributed by atoms with E-state index in [0.717, 1.165) is 50.1 Å². The minimum atomic E-state index is 0.901. The van der Waals surface area contributed by atoms with Crippen LogP contribution in [0, 0.1) is 0 Å². The summed E-state index contributed by atoms with van der Waals surface area (Å²) in [7, 11) is 0. The van der Waals surface area contributed by atoms with Crippen molar-refractivity contribution in [3.8, 4) is 44.5 Å². The molecule has 0 bridgehead atoms. The summed E-state index contributed by atoms with van der Waals surface area (Å²) in [6.07, 6.45) is 0. The molecule has 0 aliphatic heterocycles. The van der Waals surface area contributed by atoms with E-state index in [-0.39, 0.29) is 0 Å².